The van der Waals surface area contributed by atoms with Crippen molar-refractivity contribution in [3.63, 3.8) is 0 Å². The molecule has 0 atom stereocenters. The highest BCUT2D eigenvalue weighted by Gasteiger charge is 2.06. The van der Waals surface area contributed by atoms with Crippen LogP contribution in [0, 0.1) is 6.42 Å². The number of aromatic nitrogens is 3. The molecule has 0 aromatic carbocycles. The van der Waals surface area contributed by atoms with Gasteiger partial charge >= 0.3 is 0 Å². The van der Waals surface area contributed by atoms with Crippen molar-refractivity contribution >= 4 is 11.8 Å². The van der Waals surface area contributed by atoms with Crippen LogP contribution in [0.5, 0.6) is 0 Å². The summed E-state index contributed by atoms with van der Waals surface area (Å²) < 4.78 is 0. The summed E-state index contributed by atoms with van der Waals surface area (Å²) in [5.41, 5.74) is 1.69. The highest BCUT2D eigenvalue weighted by atomic mass is 16.2. The molecule has 2 amide bonds. The summed E-state index contributed by atoms with van der Waals surface area (Å²) in [6.07, 6.45) is 7.52. The first-order valence-corrected chi connectivity index (χ1v) is 6.99. The summed E-state index contributed by atoms with van der Waals surface area (Å²) in [7, 11) is 0. The van der Waals surface area contributed by atoms with Crippen LogP contribution in [0.4, 0.5) is 0 Å². The van der Waals surface area contributed by atoms with Crippen molar-refractivity contribution in [3.05, 3.63) is 54.7 Å². The largest absolute Gasteiger partial charge is 0.354 e. The summed E-state index contributed by atoms with van der Waals surface area (Å²) in [6, 6.07) is 5.65. The van der Waals surface area contributed by atoms with Crippen molar-refractivity contribution in [2.75, 3.05) is 13.1 Å². The van der Waals surface area contributed by atoms with E-state index in [9.17, 15) is 9.59 Å². The Labute approximate surface area is 128 Å². The van der Waals surface area contributed by atoms with Gasteiger partial charge in [-0.15, -0.1) is 0 Å². The maximum atomic E-state index is 11.6. The van der Waals surface area contributed by atoms with E-state index in [1.165, 1.54) is 6.42 Å². The fraction of sp³-hybridized carbons (Fsp3) is 0.267. The van der Waals surface area contributed by atoms with Gasteiger partial charge in [0.15, 0.2) is 0 Å². The van der Waals surface area contributed by atoms with Crippen LogP contribution in [0.15, 0.2) is 36.9 Å². The van der Waals surface area contributed by atoms with E-state index in [0.29, 0.717) is 19.4 Å². The fourth-order valence-electron chi connectivity index (χ4n) is 1.78. The Morgan fingerprint density at radius 1 is 1.18 bits per heavy atom. The van der Waals surface area contributed by atoms with E-state index in [1.807, 2.05) is 18.2 Å². The van der Waals surface area contributed by atoms with Crippen LogP contribution in [0.1, 0.15) is 11.4 Å². The molecule has 0 unspecified atom stereocenters. The molecule has 3 N–H and O–H groups in total. The van der Waals surface area contributed by atoms with Crippen molar-refractivity contribution in [2.45, 2.75) is 12.8 Å². The minimum Gasteiger partial charge on any atom is -0.354 e. The predicted octanol–water partition coefficient (Wildman–Crippen LogP) is 0.0266. The van der Waals surface area contributed by atoms with Crippen molar-refractivity contribution in [2.24, 2.45) is 0 Å². The minimum absolute atomic E-state index is 0.0435. The number of amides is 2. The molecule has 0 spiro atoms. The van der Waals surface area contributed by atoms with Gasteiger partial charge < -0.3 is 15.6 Å². The molecule has 0 fully saturated rings. The van der Waals surface area contributed by atoms with Crippen molar-refractivity contribution in [3.8, 4) is 0 Å². The minimum atomic E-state index is -0.289. The van der Waals surface area contributed by atoms with Crippen LogP contribution in [-0.4, -0.2) is 39.9 Å². The van der Waals surface area contributed by atoms with Gasteiger partial charge in [-0.3, -0.25) is 14.6 Å². The molecule has 7 heteroatoms. The predicted molar refractivity (Wildman–Crippen MR) is 80.6 cm³/mol. The molecule has 0 saturated heterocycles. The van der Waals surface area contributed by atoms with Crippen molar-refractivity contribution < 1.29 is 9.59 Å². The van der Waals surface area contributed by atoms with Crippen LogP contribution < -0.4 is 10.6 Å². The number of carbonyl (C=O) groups is 2. The molecule has 0 aliphatic rings. The summed E-state index contributed by atoms with van der Waals surface area (Å²) in [5.74, 6) is -0.514. The third-order valence-electron chi connectivity index (χ3n) is 2.90. The van der Waals surface area contributed by atoms with Gasteiger partial charge in [-0.25, -0.2) is 4.98 Å². The molecule has 2 aromatic heterocycles. The van der Waals surface area contributed by atoms with E-state index in [2.05, 4.69) is 25.6 Å². The second-order valence-electron chi connectivity index (χ2n) is 4.61. The molecule has 0 saturated carbocycles. The van der Waals surface area contributed by atoms with Crippen LogP contribution in [0.25, 0.3) is 0 Å². The zero-order chi connectivity index (χ0) is 15.6. The normalized spacial score (nSPS) is 10.2. The summed E-state index contributed by atoms with van der Waals surface area (Å²) in [5, 5.41) is 5.26. The number of rotatable bonds is 8. The topological polar surface area (TPSA) is 99.8 Å². The first kappa shape index (κ1) is 15.7. The zero-order valence-corrected chi connectivity index (χ0v) is 12.1. The Kier molecular flexibility index (Phi) is 6.10. The lowest BCUT2D eigenvalue weighted by Crippen LogP contribution is -2.38. The van der Waals surface area contributed by atoms with Gasteiger partial charge in [-0.1, -0.05) is 6.07 Å². The lowest BCUT2D eigenvalue weighted by molar-refractivity contribution is -0.124. The van der Waals surface area contributed by atoms with Gasteiger partial charge in [0.1, 0.15) is 0 Å². The number of nitrogens with one attached hydrogen (secondary N) is 3. The quantitative estimate of drug-likeness (QED) is 0.640. The molecule has 0 aliphatic carbocycles. The Morgan fingerprint density at radius 3 is 2.82 bits per heavy atom. The van der Waals surface area contributed by atoms with Gasteiger partial charge in [-0.05, 0) is 12.1 Å². The Bertz CT molecular complexity index is 583. The first-order chi connectivity index (χ1) is 10.7. The molecule has 1 radical (unpaired) electrons. The first-order valence-electron chi connectivity index (χ1n) is 6.99. The average molecular weight is 300 g/mol. The number of pyridine rings is 1. The summed E-state index contributed by atoms with van der Waals surface area (Å²) >= 11 is 0. The maximum Gasteiger partial charge on any atom is 0.239 e. The molecule has 115 valence electrons. The van der Waals surface area contributed by atoms with E-state index in [1.54, 1.807) is 18.7 Å². The van der Waals surface area contributed by atoms with Crippen molar-refractivity contribution in [1.82, 2.24) is 25.6 Å². The average Bonchev–Trinajstić information content (AvgIpc) is 3.05. The number of H-pyrrole nitrogens is 1. The molecule has 2 rings (SSSR count). The number of aromatic amines is 1. The van der Waals surface area contributed by atoms with E-state index >= 15 is 0 Å². The number of imidazole rings is 1. The molecule has 7 nitrogen and oxygen atoms in total. The highest BCUT2D eigenvalue weighted by molar-refractivity contribution is 5.89. The third-order valence-corrected chi connectivity index (χ3v) is 2.90. The lowest BCUT2D eigenvalue weighted by Gasteiger charge is -2.06. The number of nitrogens with zero attached hydrogens (tertiary/aromatic N) is 2. The van der Waals surface area contributed by atoms with E-state index in [4.69, 9.17) is 0 Å². The molecular weight excluding hydrogens is 282 g/mol. The molecule has 2 aromatic rings. The number of carbonyl (C=O) groups excluding carboxylic acids is 2. The van der Waals surface area contributed by atoms with E-state index in [-0.39, 0.29) is 18.4 Å². The van der Waals surface area contributed by atoms with Gasteiger partial charge in [0.2, 0.25) is 11.8 Å². The molecule has 0 bridgehead atoms. The lowest BCUT2D eigenvalue weighted by atomic mass is 10.2. The van der Waals surface area contributed by atoms with Gasteiger partial charge in [0.05, 0.1) is 25.0 Å². The van der Waals surface area contributed by atoms with E-state index < -0.39 is 0 Å². The second kappa shape index (κ2) is 8.56. The third kappa shape index (κ3) is 5.74. The standard InChI is InChI=1S/C15H18N5O2/c21-14(5-4-13-9-16-11-20-13)19-10-15(22)18-8-6-12-3-1-2-7-17-12/h1-3,5,7,9,11H,4,6,8,10H2,(H,16,20)(H,18,22)(H,19,21). The monoisotopic (exact) mass is 300 g/mol. The van der Waals surface area contributed by atoms with Crippen LogP contribution in [0.2, 0.25) is 0 Å². The molecule has 2 heterocycles. The summed E-state index contributed by atoms with van der Waals surface area (Å²) in [6.45, 7) is 0.445. The molecule has 22 heavy (non-hydrogen) atoms. The SMILES string of the molecule is O=C([CH]Cc1c[nH]cn1)NCC(=O)NCCc1ccccn1. The van der Waals surface area contributed by atoms with Crippen LogP contribution >= 0.6 is 0 Å². The maximum absolute atomic E-state index is 11.6. The highest BCUT2D eigenvalue weighted by Crippen LogP contribution is 1.95. The summed E-state index contributed by atoms with van der Waals surface area (Å²) in [4.78, 5) is 34.1. The van der Waals surface area contributed by atoms with Gasteiger partial charge in [-0.2, -0.15) is 0 Å². The second-order valence-corrected chi connectivity index (χ2v) is 4.61. The van der Waals surface area contributed by atoms with Crippen LogP contribution in [0.3, 0.4) is 0 Å². The fourth-order valence-corrected chi connectivity index (χ4v) is 1.78. The Morgan fingerprint density at radius 2 is 2.09 bits per heavy atom. The van der Waals surface area contributed by atoms with E-state index in [0.717, 1.165) is 11.4 Å². The van der Waals surface area contributed by atoms with Crippen LogP contribution in [-0.2, 0) is 22.4 Å². The number of hydrogen-bond donors (Lipinski definition) is 3. The number of hydrogen-bond acceptors (Lipinski definition) is 4. The smallest absolute Gasteiger partial charge is 0.239 e. The Balaban J connectivity index is 1.56. The van der Waals surface area contributed by atoms with Gasteiger partial charge in [0, 0.05) is 37.5 Å². The molecular formula is C15H18N5O2. The molecule has 0 aliphatic heterocycles. The van der Waals surface area contributed by atoms with Crippen molar-refractivity contribution in [1.29, 1.82) is 0 Å². The van der Waals surface area contributed by atoms with Gasteiger partial charge in [0.25, 0.3) is 0 Å². The zero-order valence-electron chi connectivity index (χ0n) is 12.1. The Hall–Kier alpha value is -2.70.